The second-order valence-corrected chi connectivity index (χ2v) is 6.75. The van der Waals surface area contributed by atoms with Crippen LogP contribution in [-0.2, 0) is 0 Å². The molecule has 0 fully saturated rings. The van der Waals surface area contributed by atoms with Crippen molar-refractivity contribution < 1.29 is 0 Å². The summed E-state index contributed by atoms with van der Waals surface area (Å²) >= 11 is 6.04. The maximum atomic E-state index is 6.04. The first-order valence-electron chi connectivity index (χ1n) is 8.32. The third-order valence-corrected chi connectivity index (χ3v) is 4.79. The SMILES string of the molecule is Cc1ccc(C)n1Nc1cc(-c2ccc(Cl)cc2)cc2ccccc12. The number of hydrogen-bond acceptors (Lipinski definition) is 1. The molecule has 0 amide bonds. The monoisotopic (exact) mass is 346 g/mol. The van der Waals surface area contributed by atoms with E-state index in [9.17, 15) is 0 Å². The predicted octanol–water partition coefficient (Wildman–Crippen LogP) is 6.45. The second-order valence-electron chi connectivity index (χ2n) is 6.32. The number of benzene rings is 3. The highest BCUT2D eigenvalue weighted by atomic mass is 35.5. The molecule has 4 rings (SSSR count). The first-order valence-corrected chi connectivity index (χ1v) is 8.70. The van der Waals surface area contributed by atoms with Crippen molar-refractivity contribution in [3.8, 4) is 11.1 Å². The molecular formula is C22H19ClN2. The minimum atomic E-state index is 0.751. The van der Waals surface area contributed by atoms with Crippen molar-refractivity contribution in [1.82, 2.24) is 4.68 Å². The summed E-state index contributed by atoms with van der Waals surface area (Å²) in [6.45, 7) is 4.20. The summed E-state index contributed by atoms with van der Waals surface area (Å²) in [5, 5.41) is 3.16. The molecule has 0 radical (unpaired) electrons. The highest BCUT2D eigenvalue weighted by Gasteiger charge is 2.08. The standard InChI is InChI=1S/C22H19ClN2/c1-15-7-8-16(2)25(15)24-22-14-19(17-9-11-20(23)12-10-17)13-18-5-3-4-6-21(18)22/h3-14,24H,1-2H3. The van der Waals surface area contributed by atoms with Gasteiger partial charge < -0.3 is 0 Å². The molecule has 0 saturated heterocycles. The van der Waals surface area contributed by atoms with Crippen molar-refractivity contribution >= 4 is 28.1 Å². The zero-order chi connectivity index (χ0) is 17.4. The highest BCUT2D eigenvalue weighted by Crippen LogP contribution is 2.32. The van der Waals surface area contributed by atoms with Crippen molar-refractivity contribution in [3.05, 3.63) is 89.2 Å². The van der Waals surface area contributed by atoms with Gasteiger partial charge in [-0.15, -0.1) is 0 Å². The normalized spacial score (nSPS) is 11.0. The lowest BCUT2D eigenvalue weighted by molar-refractivity contribution is 0.884. The molecule has 0 saturated carbocycles. The van der Waals surface area contributed by atoms with E-state index in [2.05, 4.69) is 84.6 Å². The van der Waals surface area contributed by atoms with E-state index in [1.54, 1.807) is 0 Å². The van der Waals surface area contributed by atoms with Gasteiger partial charge in [0.15, 0.2) is 0 Å². The molecule has 0 bridgehead atoms. The highest BCUT2D eigenvalue weighted by molar-refractivity contribution is 6.30. The molecule has 2 nitrogen and oxygen atoms in total. The maximum Gasteiger partial charge on any atom is 0.0630 e. The number of fused-ring (bicyclic) bond motifs is 1. The molecule has 0 unspecified atom stereocenters. The van der Waals surface area contributed by atoms with E-state index >= 15 is 0 Å². The van der Waals surface area contributed by atoms with Gasteiger partial charge in [-0.25, -0.2) is 0 Å². The Hall–Kier alpha value is -2.71. The zero-order valence-corrected chi connectivity index (χ0v) is 15.0. The Bertz CT molecular complexity index is 1030. The van der Waals surface area contributed by atoms with Crippen LogP contribution in [0.4, 0.5) is 5.69 Å². The Labute approximate surface area is 152 Å². The molecule has 1 N–H and O–H groups in total. The molecule has 124 valence electrons. The fourth-order valence-corrected chi connectivity index (χ4v) is 3.30. The summed E-state index contributed by atoms with van der Waals surface area (Å²) in [6.07, 6.45) is 0. The number of nitrogens with one attached hydrogen (secondary N) is 1. The van der Waals surface area contributed by atoms with Crippen LogP contribution in [0, 0.1) is 13.8 Å². The zero-order valence-electron chi connectivity index (χ0n) is 14.3. The van der Waals surface area contributed by atoms with Crippen molar-refractivity contribution in [2.24, 2.45) is 0 Å². The molecule has 0 aliphatic heterocycles. The van der Waals surface area contributed by atoms with E-state index in [-0.39, 0.29) is 0 Å². The van der Waals surface area contributed by atoms with Crippen LogP contribution in [-0.4, -0.2) is 4.68 Å². The largest absolute Gasteiger partial charge is 0.294 e. The van der Waals surface area contributed by atoms with E-state index in [0.29, 0.717) is 0 Å². The Balaban J connectivity index is 1.88. The van der Waals surface area contributed by atoms with Gasteiger partial charge in [0.05, 0.1) is 5.69 Å². The van der Waals surface area contributed by atoms with E-state index in [4.69, 9.17) is 11.6 Å². The first-order chi connectivity index (χ1) is 12.1. The average molecular weight is 347 g/mol. The molecule has 0 spiro atoms. The van der Waals surface area contributed by atoms with Crippen molar-refractivity contribution in [1.29, 1.82) is 0 Å². The Morgan fingerprint density at radius 1 is 0.760 bits per heavy atom. The third-order valence-electron chi connectivity index (χ3n) is 4.54. The lowest BCUT2D eigenvalue weighted by Crippen LogP contribution is -2.12. The van der Waals surface area contributed by atoms with Crippen LogP contribution in [0.15, 0.2) is 72.8 Å². The predicted molar refractivity (Wildman–Crippen MR) is 107 cm³/mol. The van der Waals surface area contributed by atoms with Gasteiger partial charge in [0.2, 0.25) is 0 Å². The van der Waals surface area contributed by atoms with E-state index < -0.39 is 0 Å². The van der Waals surface area contributed by atoms with Crippen molar-refractivity contribution in [2.75, 3.05) is 5.43 Å². The van der Waals surface area contributed by atoms with Gasteiger partial charge in [0.25, 0.3) is 0 Å². The molecule has 25 heavy (non-hydrogen) atoms. The Morgan fingerprint density at radius 2 is 1.44 bits per heavy atom. The number of halogens is 1. The van der Waals surface area contributed by atoms with Gasteiger partial charge in [-0.3, -0.25) is 10.1 Å². The maximum absolute atomic E-state index is 6.04. The smallest absolute Gasteiger partial charge is 0.0630 e. The van der Waals surface area contributed by atoms with Gasteiger partial charge in [-0.2, -0.15) is 0 Å². The van der Waals surface area contributed by atoms with Gasteiger partial charge in [0.1, 0.15) is 0 Å². The summed E-state index contributed by atoms with van der Waals surface area (Å²) in [7, 11) is 0. The molecule has 0 aliphatic carbocycles. The fraction of sp³-hybridized carbons (Fsp3) is 0.0909. The summed E-state index contributed by atoms with van der Waals surface area (Å²) in [4.78, 5) is 0. The van der Waals surface area contributed by atoms with Crippen LogP contribution < -0.4 is 5.43 Å². The van der Waals surface area contributed by atoms with Crippen LogP contribution in [0.25, 0.3) is 21.9 Å². The summed E-state index contributed by atoms with van der Waals surface area (Å²) < 4.78 is 2.12. The molecular weight excluding hydrogens is 328 g/mol. The van der Waals surface area contributed by atoms with Crippen molar-refractivity contribution in [3.63, 3.8) is 0 Å². The topological polar surface area (TPSA) is 17.0 Å². The lowest BCUT2D eigenvalue weighted by atomic mass is 10.00. The lowest BCUT2D eigenvalue weighted by Gasteiger charge is -2.16. The summed E-state index contributed by atoms with van der Waals surface area (Å²) in [5.74, 6) is 0. The number of aromatic nitrogens is 1. The molecule has 0 aliphatic rings. The van der Waals surface area contributed by atoms with Gasteiger partial charge in [-0.1, -0.05) is 48.0 Å². The molecule has 3 aromatic carbocycles. The third kappa shape index (κ3) is 3.01. The first kappa shape index (κ1) is 15.8. The number of hydrogen-bond donors (Lipinski definition) is 1. The molecule has 1 aromatic heterocycles. The minimum Gasteiger partial charge on any atom is -0.294 e. The van der Waals surface area contributed by atoms with E-state index in [1.807, 2.05) is 12.1 Å². The van der Waals surface area contributed by atoms with Gasteiger partial charge in [-0.05, 0) is 66.8 Å². The van der Waals surface area contributed by atoms with E-state index in [1.165, 1.54) is 27.7 Å². The van der Waals surface area contributed by atoms with Gasteiger partial charge >= 0.3 is 0 Å². The number of nitrogens with zero attached hydrogens (tertiary/aromatic N) is 1. The second kappa shape index (κ2) is 6.30. The molecule has 4 aromatic rings. The number of aryl methyl sites for hydroxylation is 2. The molecule has 0 atom stereocenters. The summed E-state index contributed by atoms with van der Waals surface area (Å²) in [6, 6.07) is 25.1. The van der Waals surface area contributed by atoms with Crippen molar-refractivity contribution in [2.45, 2.75) is 13.8 Å². The van der Waals surface area contributed by atoms with Gasteiger partial charge in [0, 0.05) is 21.8 Å². The Morgan fingerprint density at radius 3 is 2.16 bits per heavy atom. The molecule has 1 heterocycles. The van der Waals surface area contributed by atoms with Crippen LogP contribution in [0.5, 0.6) is 0 Å². The number of rotatable bonds is 3. The van der Waals surface area contributed by atoms with Crippen LogP contribution in [0.1, 0.15) is 11.4 Å². The summed E-state index contributed by atoms with van der Waals surface area (Å²) in [5.41, 5.74) is 9.34. The fourth-order valence-electron chi connectivity index (χ4n) is 3.18. The molecule has 3 heteroatoms. The minimum absolute atomic E-state index is 0.751. The van der Waals surface area contributed by atoms with E-state index in [0.717, 1.165) is 16.3 Å². The van der Waals surface area contributed by atoms with Crippen LogP contribution >= 0.6 is 11.6 Å². The quantitative estimate of drug-likeness (QED) is 0.450. The van der Waals surface area contributed by atoms with Crippen LogP contribution in [0.2, 0.25) is 5.02 Å². The van der Waals surface area contributed by atoms with Crippen LogP contribution in [0.3, 0.4) is 0 Å². The number of anilines is 1. The average Bonchev–Trinajstić information content (AvgIpc) is 2.94. The Kier molecular flexibility index (Phi) is 3.98.